The molecular formula is C57H111NO4. The van der Waals surface area contributed by atoms with Crippen LogP contribution in [0, 0.1) is 0 Å². The van der Waals surface area contributed by atoms with Crippen LogP contribution < -0.4 is 5.32 Å². The number of hydrogen-bond acceptors (Lipinski definition) is 4. The van der Waals surface area contributed by atoms with Gasteiger partial charge in [0.25, 0.3) is 0 Å². The first kappa shape index (κ1) is 60.8. The van der Waals surface area contributed by atoms with Gasteiger partial charge in [-0.1, -0.05) is 301 Å². The molecule has 0 saturated carbocycles. The van der Waals surface area contributed by atoms with Crippen molar-refractivity contribution in [1.29, 1.82) is 0 Å². The monoisotopic (exact) mass is 874 g/mol. The molecule has 0 aliphatic rings. The van der Waals surface area contributed by atoms with Crippen molar-refractivity contribution in [3.8, 4) is 0 Å². The zero-order valence-corrected chi connectivity index (χ0v) is 42.0. The predicted octanol–water partition coefficient (Wildman–Crippen LogP) is 17.3. The maximum absolute atomic E-state index is 12.5. The van der Waals surface area contributed by atoms with Gasteiger partial charge in [0.1, 0.15) is 6.10 Å². The van der Waals surface area contributed by atoms with E-state index >= 15 is 0 Å². The summed E-state index contributed by atoms with van der Waals surface area (Å²) >= 11 is 0. The zero-order valence-electron chi connectivity index (χ0n) is 42.0. The summed E-state index contributed by atoms with van der Waals surface area (Å²) in [5.41, 5.74) is 0. The van der Waals surface area contributed by atoms with Crippen LogP contribution in [0.4, 0.5) is 0 Å². The van der Waals surface area contributed by atoms with Gasteiger partial charge in [-0.2, -0.15) is 0 Å². The summed E-state index contributed by atoms with van der Waals surface area (Å²) in [5.74, 6) is -0.506. The van der Waals surface area contributed by atoms with Crippen LogP contribution in [-0.4, -0.2) is 46.1 Å². The van der Waals surface area contributed by atoms with Crippen LogP contribution in [0.5, 0.6) is 0 Å². The summed E-state index contributed by atoms with van der Waals surface area (Å²) in [4.78, 5) is 12.5. The number of carbonyl (C=O) groups excluding carboxylic acids is 1. The number of unbranched alkanes of at least 4 members (excludes halogenated alkanes) is 42. The molecule has 0 aromatic carbocycles. The lowest BCUT2D eigenvalue weighted by molar-refractivity contribution is -0.131. The van der Waals surface area contributed by atoms with Gasteiger partial charge in [-0.15, -0.1) is 0 Å². The molecule has 5 nitrogen and oxygen atoms in total. The maximum Gasteiger partial charge on any atom is 0.249 e. The fourth-order valence-corrected chi connectivity index (χ4v) is 8.91. The molecule has 0 bridgehead atoms. The van der Waals surface area contributed by atoms with Gasteiger partial charge in [-0.25, -0.2) is 0 Å². The van der Waals surface area contributed by atoms with Crippen molar-refractivity contribution in [3.05, 3.63) is 24.3 Å². The van der Waals surface area contributed by atoms with Gasteiger partial charge in [-0.05, 0) is 32.1 Å². The van der Waals surface area contributed by atoms with E-state index in [4.69, 9.17) is 0 Å². The molecule has 0 aromatic rings. The van der Waals surface area contributed by atoms with E-state index in [9.17, 15) is 20.1 Å². The number of hydrogen-bond donors (Lipinski definition) is 4. The van der Waals surface area contributed by atoms with E-state index in [1.807, 2.05) is 6.08 Å². The number of amides is 1. The first-order valence-corrected chi connectivity index (χ1v) is 28.2. The van der Waals surface area contributed by atoms with E-state index in [-0.39, 0.29) is 6.61 Å². The average molecular weight is 875 g/mol. The van der Waals surface area contributed by atoms with Crippen LogP contribution in [0.3, 0.4) is 0 Å². The Morgan fingerprint density at radius 2 is 0.661 bits per heavy atom. The standard InChI is InChI=1S/C57H111NO4/c1-3-5-7-9-11-13-15-17-19-21-23-25-26-27-28-29-30-32-34-36-38-40-42-44-46-48-50-52-56(61)57(62)58-54(53-59)55(60)51-49-47-45-43-41-39-37-35-33-31-24-22-20-18-16-14-12-10-8-6-4-2/h41,43,49,51,54-56,59-61H,3-40,42,44-48,50,52-53H2,1-2H3,(H,58,62)/b43-41+,51-49+. The summed E-state index contributed by atoms with van der Waals surface area (Å²) in [6.07, 6.45) is 66.9. The predicted molar refractivity (Wildman–Crippen MR) is 273 cm³/mol. The second kappa shape index (κ2) is 52.5. The number of aliphatic hydroxyl groups is 3. The minimum absolute atomic E-state index is 0.372. The Hall–Kier alpha value is -1.17. The van der Waals surface area contributed by atoms with Crippen molar-refractivity contribution in [2.45, 2.75) is 327 Å². The summed E-state index contributed by atoms with van der Waals surface area (Å²) < 4.78 is 0. The molecule has 0 saturated heterocycles. The van der Waals surface area contributed by atoms with Gasteiger partial charge in [-0.3, -0.25) is 4.79 Å². The normalized spacial score (nSPS) is 13.4. The van der Waals surface area contributed by atoms with Gasteiger partial charge in [0.2, 0.25) is 5.91 Å². The molecule has 4 N–H and O–H groups in total. The Balaban J connectivity index is 3.57. The molecular weight excluding hydrogens is 763 g/mol. The Bertz CT molecular complexity index is 920. The third-order valence-corrected chi connectivity index (χ3v) is 13.3. The van der Waals surface area contributed by atoms with E-state index in [0.717, 1.165) is 38.5 Å². The van der Waals surface area contributed by atoms with Crippen LogP contribution in [-0.2, 0) is 4.79 Å². The van der Waals surface area contributed by atoms with Crippen LogP contribution >= 0.6 is 0 Å². The molecule has 0 fully saturated rings. The van der Waals surface area contributed by atoms with Crippen LogP contribution in [0.25, 0.3) is 0 Å². The Labute approximate surface area is 388 Å². The van der Waals surface area contributed by atoms with Crippen molar-refractivity contribution in [1.82, 2.24) is 5.32 Å². The second-order valence-corrected chi connectivity index (χ2v) is 19.5. The quantitative estimate of drug-likeness (QED) is 0.0362. The number of aliphatic hydroxyl groups excluding tert-OH is 3. The van der Waals surface area contributed by atoms with E-state index in [2.05, 4.69) is 31.3 Å². The molecule has 0 heterocycles. The number of allylic oxidation sites excluding steroid dienone is 3. The molecule has 0 spiro atoms. The van der Waals surface area contributed by atoms with Crippen LogP contribution in [0.1, 0.15) is 309 Å². The smallest absolute Gasteiger partial charge is 0.249 e. The SMILES string of the molecule is CCCCCCCCCCCCCCCCC/C=C/CC/C=C/C(O)C(CO)NC(=O)C(O)CCCCCCCCCCCCCCCCCCCCCCCCCCCCC. The van der Waals surface area contributed by atoms with Crippen LogP contribution in [0.2, 0.25) is 0 Å². The fraction of sp³-hybridized carbons (Fsp3) is 0.912. The van der Waals surface area contributed by atoms with Gasteiger partial charge in [0, 0.05) is 0 Å². The molecule has 368 valence electrons. The molecule has 3 atom stereocenters. The van der Waals surface area contributed by atoms with E-state index in [0.29, 0.717) is 6.42 Å². The largest absolute Gasteiger partial charge is 0.394 e. The average Bonchev–Trinajstić information content (AvgIpc) is 3.28. The van der Waals surface area contributed by atoms with E-state index < -0.39 is 24.2 Å². The lowest BCUT2D eigenvalue weighted by Crippen LogP contribution is -2.48. The molecule has 0 aliphatic carbocycles. The van der Waals surface area contributed by atoms with Crippen molar-refractivity contribution >= 4 is 5.91 Å². The third kappa shape index (κ3) is 46.8. The van der Waals surface area contributed by atoms with Gasteiger partial charge >= 0.3 is 0 Å². The highest BCUT2D eigenvalue weighted by Crippen LogP contribution is 2.18. The molecule has 0 aromatic heterocycles. The molecule has 0 aliphatic heterocycles. The summed E-state index contributed by atoms with van der Waals surface area (Å²) in [6.45, 7) is 4.21. The lowest BCUT2D eigenvalue weighted by Gasteiger charge is -2.21. The lowest BCUT2D eigenvalue weighted by atomic mass is 10.0. The molecule has 1 amide bonds. The highest BCUT2D eigenvalue weighted by atomic mass is 16.3. The molecule has 62 heavy (non-hydrogen) atoms. The second-order valence-electron chi connectivity index (χ2n) is 19.5. The fourth-order valence-electron chi connectivity index (χ4n) is 8.91. The minimum atomic E-state index is -1.10. The van der Waals surface area contributed by atoms with Crippen molar-refractivity contribution < 1.29 is 20.1 Å². The minimum Gasteiger partial charge on any atom is -0.394 e. The third-order valence-electron chi connectivity index (χ3n) is 13.3. The summed E-state index contributed by atoms with van der Waals surface area (Å²) in [7, 11) is 0. The van der Waals surface area contributed by atoms with E-state index in [1.165, 1.54) is 250 Å². The van der Waals surface area contributed by atoms with Crippen molar-refractivity contribution in [3.63, 3.8) is 0 Å². The first-order chi connectivity index (χ1) is 30.6. The highest BCUT2D eigenvalue weighted by molar-refractivity contribution is 5.80. The van der Waals surface area contributed by atoms with Crippen molar-refractivity contribution in [2.24, 2.45) is 0 Å². The Morgan fingerprint density at radius 1 is 0.387 bits per heavy atom. The summed E-state index contributed by atoms with van der Waals surface area (Å²) in [5, 5.41) is 33.3. The van der Waals surface area contributed by atoms with Gasteiger partial charge in [0.15, 0.2) is 0 Å². The first-order valence-electron chi connectivity index (χ1n) is 28.2. The van der Waals surface area contributed by atoms with Crippen LogP contribution in [0.15, 0.2) is 24.3 Å². The maximum atomic E-state index is 12.5. The van der Waals surface area contributed by atoms with Crippen molar-refractivity contribution in [2.75, 3.05) is 6.61 Å². The van der Waals surface area contributed by atoms with Gasteiger partial charge in [0.05, 0.1) is 18.8 Å². The number of rotatable bonds is 52. The topological polar surface area (TPSA) is 89.8 Å². The number of carbonyl (C=O) groups is 1. The molecule has 5 heteroatoms. The zero-order chi connectivity index (χ0) is 45.1. The Kier molecular flexibility index (Phi) is 51.5. The van der Waals surface area contributed by atoms with Gasteiger partial charge < -0.3 is 20.6 Å². The molecule has 0 radical (unpaired) electrons. The van der Waals surface area contributed by atoms with E-state index in [1.54, 1.807) is 6.08 Å². The summed E-state index contributed by atoms with van der Waals surface area (Å²) in [6, 6.07) is -0.812. The highest BCUT2D eigenvalue weighted by Gasteiger charge is 2.22. The Morgan fingerprint density at radius 3 is 0.984 bits per heavy atom. The number of nitrogens with one attached hydrogen (secondary N) is 1. The molecule has 0 rings (SSSR count). The molecule has 3 unspecified atom stereocenters.